The van der Waals surface area contributed by atoms with Crippen LogP contribution in [0.25, 0.3) is 0 Å². The Kier molecular flexibility index (Phi) is 5.19. The van der Waals surface area contributed by atoms with Crippen molar-refractivity contribution in [2.24, 2.45) is 10.8 Å². The fraction of sp³-hybridized carbons (Fsp3) is 0.867. The van der Waals surface area contributed by atoms with Gasteiger partial charge in [0.05, 0.1) is 6.07 Å². The average molecular weight is 250 g/mol. The lowest BCUT2D eigenvalue weighted by Crippen LogP contribution is -2.46. The largest absolute Gasteiger partial charge is 0.354 e. The maximum absolute atomic E-state index is 12.3. The Hall–Kier alpha value is -1.04. The van der Waals surface area contributed by atoms with Crippen LogP contribution in [0, 0.1) is 22.2 Å². The van der Waals surface area contributed by atoms with Gasteiger partial charge in [-0.3, -0.25) is 4.79 Å². The molecule has 1 saturated carbocycles. The molecule has 3 nitrogen and oxygen atoms in total. The average Bonchev–Trinajstić information content (AvgIpc) is 2.33. The number of hydrogen-bond donors (Lipinski definition) is 1. The monoisotopic (exact) mass is 250 g/mol. The summed E-state index contributed by atoms with van der Waals surface area (Å²) in [5.74, 6) is -0.0539. The van der Waals surface area contributed by atoms with Gasteiger partial charge < -0.3 is 5.32 Å². The van der Waals surface area contributed by atoms with Crippen LogP contribution in [0.5, 0.6) is 0 Å². The molecule has 1 rings (SSSR count). The van der Waals surface area contributed by atoms with Crippen molar-refractivity contribution in [2.75, 3.05) is 6.54 Å². The Morgan fingerprint density at radius 1 is 1.33 bits per heavy atom. The molecule has 0 unspecified atom stereocenters. The second-order valence-corrected chi connectivity index (χ2v) is 6.04. The minimum atomic E-state index is -0.802. The molecule has 18 heavy (non-hydrogen) atoms. The van der Waals surface area contributed by atoms with Crippen LogP contribution < -0.4 is 5.32 Å². The highest BCUT2D eigenvalue weighted by Crippen LogP contribution is 2.40. The van der Waals surface area contributed by atoms with Gasteiger partial charge in [0.1, 0.15) is 5.41 Å². The fourth-order valence-corrected chi connectivity index (χ4v) is 2.79. The molecular formula is C15H26N2O. The van der Waals surface area contributed by atoms with Crippen LogP contribution >= 0.6 is 0 Å². The molecule has 0 heterocycles. The lowest BCUT2D eigenvalue weighted by atomic mass is 9.70. The lowest BCUT2D eigenvalue weighted by Gasteiger charge is -2.39. The molecule has 102 valence electrons. The Bertz CT molecular complexity index is 320. The number of hydrogen-bond acceptors (Lipinski definition) is 2. The summed E-state index contributed by atoms with van der Waals surface area (Å²) in [6, 6.07) is 2.28. The van der Waals surface area contributed by atoms with Gasteiger partial charge >= 0.3 is 0 Å². The van der Waals surface area contributed by atoms with Gasteiger partial charge in [-0.25, -0.2) is 0 Å². The normalized spacial score (nSPS) is 17.7. The van der Waals surface area contributed by atoms with Crippen molar-refractivity contribution >= 4 is 5.91 Å². The number of carbonyl (C=O) groups is 1. The third-order valence-corrected chi connectivity index (χ3v) is 4.24. The summed E-state index contributed by atoms with van der Waals surface area (Å²) in [5, 5.41) is 12.4. The molecule has 0 atom stereocenters. The first kappa shape index (κ1) is 15.0. The van der Waals surface area contributed by atoms with E-state index in [1.807, 2.05) is 13.8 Å². The molecule has 3 heteroatoms. The highest BCUT2D eigenvalue weighted by atomic mass is 16.2. The Morgan fingerprint density at radius 2 is 1.89 bits per heavy atom. The zero-order chi connectivity index (χ0) is 13.6. The van der Waals surface area contributed by atoms with E-state index < -0.39 is 5.41 Å². The summed E-state index contributed by atoms with van der Waals surface area (Å²) in [6.07, 6.45) is 6.72. The summed E-state index contributed by atoms with van der Waals surface area (Å²) >= 11 is 0. The van der Waals surface area contributed by atoms with Crippen molar-refractivity contribution in [2.45, 2.75) is 65.7 Å². The third kappa shape index (κ3) is 3.25. The Balaban J connectivity index is 2.61. The van der Waals surface area contributed by atoms with E-state index >= 15 is 0 Å². The van der Waals surface area contributed by atoms with E-state index in [1.54, 1.807) is 0 Å². The lowest BCUT2D eigenvalue weighted by molar-refractivity contribution is -0.129. The standard InChI is InChI=1S/C15H26N2O/c1-4-7-15(11-16,8-5-2)13(18)17-12-14(3)9-6-10-14/h4-10,12H2,1-3H3,(H,17,18). The van der Waals surface area contributed by atoms with Crippen molar-refractivity contribution in [3.8, 4) is 6.07 Å². The first-order valence-electron chi connectivity index (χ1n) is 7.21. The van der Waals surface area contributed by atoms with Gasteiger partial charge in [-0.2, -0.15) is 5.26 Å². The van der Waals surface area contributed by atoms with Crippen LogP contribution in [-0.4, -0.2) is 12.5 Å². The summed E-state index contributed by atoms with van der Waals surface area (Å²) < 4.78 is 0. The number of nitrogens with one attached hydrogen (secondary N) is 1. The van der Waals surface area contributed by atoms with E-state index in [0.717, 1.165) is 19.4 Å². The first-order valence-corrected chi connectivity index (χ1v) is 7.21. The number of nitriles is 1. The van der Waals surface area contributed by atoms with Crippen LogP contribution in [0.2, 0.25) is 0 Å². The molecule has 1 amide bonds. The number of nitrogens with zero attached hydrogens (tertiary/aromatic N) is 1. The minimum Gasteiger partial charge on any atom is -0.354 e. The molecule has 0 aromatic heterocycles. The second kappa shape index (κ2) is 6.22. The van der Waals surface area contributed by atoms with Crippen LogP contribution in [0.1, 0.15) is 65.7 Å². The summed E-state index contributed by atoms with van der Waals surface area (Å²) in [6.45, 7) is 7.00. The molecular weight excluding hydrogens is 224 g/mol. The summed E-state index contributed by atoms with van der Waals surface area (Å²) in [7, 11) is 0. The smallest absolute Gasteiger partial charge is 0.240 e. The van der Waals surface area contributed by atoms with E-state index in [-0.39, 0.29) is 11.3 Å². The quantitative estimate of drug-likeness (QED) is 0.753. The molecule has 1 N–H and O–H groups in total. The highest BCUT2D eigenvalue weighted by Gasteiger charge is 2.39. The number of rotatable bonds is 7. The Morgan fingerprint density at radius 3 is 2.22 bits per heavy atom. The number of carbonyl (C=O) groups excluding carboxylic acids is 1. The second-order valence-electron chi connectivity index (χ2n) is 6.04. The van der Waals surface area contributed by atoms with Gasteiger partial charge in [0.2, 0.25) is 5.91 Å². The summed E-state index contributed by atoms with van der Waals surface area (Å²) in [5.41, 5.74) is -0.529. The molecule has 0 spiro atoms. The molecule has 1 fully saturated rings. The van der Waals surface area contributed by atoms with E-state index in [1.165, 1.54) is 19.3 Å². The minimum absolute atomic E-state index is 0.0539. The van der Waals surface area contributed by atoms with Gasteiger partial charge in [-0.15, -0.1) is 0 Å². The number of amides is 1. The maximum Gasteiger partial charge on any atom is 0.240 e. The fourth-order valence-electron chi connectivity index (χ4n) is 2.79. The first-order chi connectivity index (χ1) is 8.52. The van der Waals surface area contributed by atoms with Gasteiger partial charge in [-0.1, -0.05) is 40.0 Å². The van der Waals surface area contributed by atoms with Crippen LogP contribution in [0.15, 0.2) is 0 Å². The van der Waals surface area contributed by atoms with Gasteiger partial charge in [0.25, 0.3) is 0 Å². The van der Waals surface area contributed by atoms with Crippen LogP contribution in [-0.2, 0) is 4.79 Å². The van der Waals surface area contributed by atoms with Crippen molar-refractivity contribution in [1.29, 1.82) is 5.26 Å². The Labute approximate surface area is 111 Å². The molecule has 0 radical (unpaired) electrons. The zero-order valence-electron chi connectivity index (χ0n) is 12.0. The van der Waals surface area contributed by atoms with Crippen molar-refractivity contribution < 1.29 is 4.79 Å². The maximum atomic E-state index is 12.3. The van der Waals surface area contributed by atoms with Gasteiger partial charge in [-0.05, 0) is 31.1 Å². The van der Waals surface area contributed by atoms with Crippen molar-refractivity contribution in [3.63, 3.8) is 0 Å². The van der Waals surface area contributed by atoms with E-state index in [0.29, 0.717) is 12.8 Å². The van der Waals surface area contributed by atoms with Gasteiger partial charge in [0, 0.05) is 6.54 Å². The van der Waals surface area contributed by atoms with E-state index in [2.05, 4.69) is 18.3 Å². The van der Waals surface area contributed by atoms with Crippen molar-refractivity contribution in [1.82, 2.24) is 5.32 Å². The third-order valence-electron chi connectivity index (χ3n) is 4.24. The highest BCUT2D eigenvalue weighted by molar-refractivity contribution is 5.85. The van der Waals surface area contributed by atoms with Crippen LogP contribution in [0.4, 0.5) is 0 Å². The predicted molar refractivity (Wildman–Crippen MR) is 72.8 cm³/mol. The predicted octanol–water partition coefficient (Wildman–Crippen LogP) is 3.40. The molecule has 0 aromatic rings. The van der Waals surface area contributed by atoms with Gasteiger partial charge in [0.15, 0.2) is 0 Å². The molecule has 0 aliphatic heterocycles. The molecule has 1 aliphatic rings. The molecule has 0 saturated heterocycles. The topological polar surface area (TPSA) is 52.9 Å². The van der Waals surface area contributed by atoms with E-state index in [4.69, 9.17) is 0 Å². The van der Waals surface area contributed by atoms with Crippen LogP contribution in [0.3, 0.4) is 0 Å². The molecule has 0 aromatic carbocycles. The molecule has 1 aliphatic carbocycles. The molecule has 0 bridgehead atoms. The zero-order valence-corrected chi connectivity index (χ0v) is 12.0. The van der Waals surface area contributed by atoms with E-state index in [9.17, 15) is 10.1 Å². The van der Waals surface area contributed by atoms with Crippen molar-refractivity contribution in [3.05, 3.63) is 0 Å². The summed E-state index contributed by atoms with van der Waals surface area (Å²) in [4.78, 5) is 12.3. The SMILES string of the molecule is CCCC(C#N)(CCC)C(=O)NCC1(C)CCC1.